The lowest BCUT2D eigenvalue weighted by atomic mass is 10.1. The van der Waals surface area contributed by atoms with Crippen molar-refractivity contribution < 1.29 is 18.0 Å². The molecule has 34 heavy (non-hydrogen) atoms. The minimum Gasteiger partial charge on any atom is -0.352 e. The molecule has 0 heterocycles. The zero-order valence-electron chi connectivity index (χ0n) is 20.8. The Bertz CT molecular complexity index is 1060. The molecule has 2 aromatic rings. The molecule has 0 fully saturated rings. The van der Waals surface area contributed by atoms with Gasteiger partial charge >= 0.3 is 0 Å². The molecule has 186 valence electrons. The number of nitrogens with zero attached hydrogens (tertiary/aromatic N) is 2. The molecule has 1 N–H and O–H groups in total. The highest BCUT2D eigenvalue weighted by Gasteiger charge is 2.27. The van der Waals surface area contributed by atoms with E-state index in [4.69, 9.17) is 0 Å². The predicted octanol–water partition coefficient (Wildman–Crippen LogP) is 3.87. The predicted molar refractivity (Wildman–Crippen MR) is 137 cm³/mol. The highest BCUT2D eigenvalue weighted by molar-refractivity contribution is 7.92. The largest absolute Gasteiger partial charge is 0.352 e. The van der Waals surface area contributed by atoms with Crippen molar-refractivity contribution >= 4 is 27.5 Å². The van der Waals surface area contributed by atoms with E-state index in [0.717, 1.165) is 17.5 Å². The fourth-order valence-electron chi connectivity index (χ4n) is 3.65. The van der Waals surface area contributed by atoms with Crippen molar-refractivity contribution in [2.75, 3.05) is 17.1 Å². The molecule has 0 unspecified atom stereocenters. The Morgan fingerprint density at radius 1 is 1.00 bits per heavy atom. The second kappa shape index (κ2) is 12.6. The van der Waals surface area contributed by atoms with E-state index in [1.165, 1.54) is 10.6 Å². The van der Waals surface area contributed by atoms with Gasteiger partial charge in [0.05, 0.1) is 11.9 Å². The SMILES string of the molecule is CC[C@H](C)NC(=O)[C@H](C)N(Cc1ccccc1)C(=O)CCCN(c1ccccc1C)S(C)(=O)=O. The number of rotatable bonds is 12. The Balaban J connectivity index is 2.15. The molecule has 0 aliphatic rings. The van der Waals surface area contributed by atoms with Crippen LogP contribution in [0.3, 0.4) is 0 Å². The highest BCUT2D eigenvalue weighted by Crippen LogP contribution is 2.23. The van der Waals surface area contributed by atoms with Crippen molar-refractivity contribution in [3.05, 3.63) is 65.7 Å². The summed E-state index contributed by atoms with van der Waals surface area (Å²) >= 11 is 0. The Morgan fingerprint density at radius 3 is 2.21 bits per heavy atom. The molecule has 0 spiro atoms. The smallest absolute Gasteiger partial charge is 0.242 e. The second-order valence-corrected chi connectivity index (χ2v) is 10.6. The molecule has 0 aromatic heterocycles. The molecule has 2 atom stereocenters. The number of carbonyl (C=O) groups is 2. The molecule has 0 bridgehead atoms. The van der Waals surface area contributed by atoms with Crippen LogP contribution in [0.2, 0.25) is 0 Å². The van der Waals surface area contributed by atoms with E-state index in [9.17, 15) is 18.0 Å². The summed E-state index contributed by atoms with van der Waals surface area (Å²) in [6.45, 7) is 8.00. The van der Waals surface area contributed by atoms with Crippen molar-refractivity contribution in [1.29, 1.82) is 0 Å². The number of benzene rings is 2. The molecule has 2 rings (SSSR count). The third kappa shape index (κ3) is 7.87. The van der Waals surface area contributed by atoms with Crippen LogP contribution in [0, 0.1) is 6.92 Å². The van der Waals surface area contributed by atoms with Gasteiger partial charge in [0, 0.05) is 25.6 Å². The van der Waals surface area contributed by atoms with Gasteiger partial charge in [-0.05, 0) is 50.8 Å². The molecule has 0 saturated carbocycles. The average Bonchev–Trinajstić information content (AvgIpc) is 2.80. The van der Waals surface area contributed by atoms with E-state index in [0.29, 0.717) is 18.7 Å². The summed E-state index contributed by atoms with van der Waals surface area (Å²) in [6, 6.07) is 16.2. The van der Waals surface area contributed by atoms with Gasteiger partial charge in [0.15, 0.2) is 0 Å². The molecule has 8 heteroatoms. The molecule has 0 aliphatic carbocycles. The standard InChI is InChI=1S/C26H37N3O4S/c1-6-21(3)27-26(31)22(4)28(19-23-14-8-7-9-15-23)25(30)17-12-18-29(34(5,32)33)24-16-11-10-13-20(24)2/h7-11,13-16,21-22H,6,12,17-19H2,1-5H3,(H,27,31)/t21-,22-/m0/s1. The first-order chi connectivity index (χ1) is 16.0. The van der Waals surface area contributed by atoms with Gasteiger partial charge < -0.3 is 10.2 Å². The van der Waals surface area contributed by atoms with Gasteiger partial charge in [-0.25, -0.2) is 8.42 Å². The zero-order chi connectivity index (χ0) is 25.3. The van der Waals surface area contributed by atoms with E-state index < -0.39 is 16.1 Å². The number of nitrogens with one attached hydrogen (secondary N) is 1. The fourth-order valence-corrected chi connectivity index (χ4v) is 4.68. The maximum absolute atomic E-state index is 13.3. The normalized spacial score (nSPS) is 13.1. The third-order valence-electron chi connectivity index (χ3n) is 5.90. The molecule has 0 aliphatic heterocycles. The molecule has 2 aromatic carbocycles. The summed E-state index contributed by atoms with van der Waals surface area (Å²) in [5.41, 5.74) is 2.39. The maximum atomic E-state index is 13.3. The Morgan fingerprint density at radius 2 is 1.62 bits per heavy atom. The topological polar surface area (TPSA) is 86.8 Å². The lowest BCUT2D eigenvalue weighted by molar-refractivity contribution is -0.140. The van der Waals surface area contributed by atoms with Crippen molar-refractivity contribution in [2.45, 2.75) is 65.6 Å². The van der Waals surface area contributed by atoms with Gasteiger partial charge in [0.1, 0.15) is 6.04 Å². The number of hydrogen-bond acceptors (Lipinski definition) is 4. The first-order valence-electron chi connectivity index (χ1n) is 11.7. The second-order valence-electron chi connectivity index (χ2n) is 8.73. The minimum atomic E-state index is -3.51. The number of aryl methyl sites for hydroxylation is 1. The molecule has 0 saturated heterocycles. The first kappa shape index (κ1) is 27.4. The summed E-state index contributed by atoms with van der Waals surface area (Å²) in [6.07, 6.45) is 2.44. The van der Waals surface area contributed by atoms with E-state index >= 15 is 0 Å². The molecule has 0 radical (unpaired) electrons. The minimum absolute atomic E-state index is 0.0149. The van der Waals surface area contributed by atoms with Crippen LogP contribution in [-0.4, -0.2) is 50.0 Å². The van der Waals surface area contributed by atoms with Gasteiger partial charge in [-0.3, -0.25) is 13.9 Å². The van der Waals surface area contributed by atoms with Gasteiger partial charge in [0.25, 0.3) is 0 Å². The summed E-state index contributed by atoms with van der Waals surface area (Å²) in [5, 5.41) is 2.95. The van der Waals surface area contributed by atoms with Crippen molar-refractivity contribution in [1.82, 2.24) is 10.2 Å². The van der Waals surface area contributed by atoms with Crippen LogP contribution < -0.4 is 9.62 Å². The number of para-hydroxylation sites is 1. The van der Waals surface area contributed by atoms with Crippen LogP contribution in [0.5, 0.6) is 0 Å². The first-order valence-corrected chi connectivity index (χ1v) is 13.6. The lowest BCUT2D eigenvalue weighted by Gasteiger charge is -2.30. The van der Waals surface area contributed by atoms with Crippen molar-refractivity contribution in [3.63, 3.8) is 0 Å². The fraction of sp³-hybridized carbons (Fsp3) is 0.462. The Labute approximate surface area is 204 Å². The van der Waals surface area contributed by atoms with Crippen molar-refractivity contribution in [3.8, 4) is 0 Å². The van der Waals surface area contributed by atoms with Crippen LogP contribution >= 0.6 is 0 Å². The number of sulfonamides is 1. The molecule has 2 amide bonds. The molecule has 7 nitrogen and oxygen atoms in total. The monoisotopic (exact) mass is 487 g/mol. The summed E-state index contributed by atoms with van der Waals surface area (Å²) in [5.74, 6) is -0.384. The van der Waals surface area contributed by atoms with E-state index in [1.54, 1.807) is 24.0 Å². The zero-order valence-corrected chi connectivity index (χ0v) is 21.6. The Hall–Kier alpha value is -2.87. The van der Waals surface area contributed by atoms with Crippen LogP contribution in [0.15, 0.2) is 54.6 Å². The van der Waals surface area contributed by atoms with E-state index in [-0.39, 0.29) is 30.8 Å². The summed E-state index contributed by atoms with van der Waals surface area (Å²) in [4.78, 5) is 27.6. The van der Waals surface area contributed by atoms with Crippen LogP contribution in [-0.2, 0) is 26.2 Å². The maximum Gasteiger partial charge on any atom is 0.242 e. The molecular weight excluding hydrogens is 450 g/mol. The highest BCUT2D eigenvalue weighted by atomic mass is 32.2. The van der Waals surface area contributed by atoms with Gasteiger partial charge in [-0.1, -0.05) is 55.5 Å². The van der Waals surface area contributed by atoms with E-state index in [1.807, 2.05) is 63.2 Å². The number of anilines is 1. The van der Waals surface area contributed by atoms with Crippen LogP contribution in [0.25, 0.3) is 0 Å². The van der Waals surface area contributed by atoms with Crippen molar-refractivity contribution in [2.24, 2.45) is 0 Å². The van der Waals surface area contributed by atoms with E-state index in [2.05, 4.69) is 5.32 Å². The summed E-state index contributed by atoms with van der Waals surface area (Å²) in [7, 11) is -3.51. The number of carbonyl (C=O) groups excluding carboxylic acids is 2. The quantitative estimate of drug-likeness (QED) is 0.492. The third-order valence-corrected chi connectivity index (χ3v) is 7.08. The van der Waals surface area contributed by atoms with Gasteiger partial charge in [-0.2, -0.15) is 0 Å². The summed E-state index contributed by atoms with van der Waals surface area (Å²) < 4.78 is 26.2. The lowest BCUT2D eigenvalue weighted by Crippen LogP contribution is -2.49. The Kier molecular flexibility index (Phi) is 10.1. The molecular formula is C26H37N3O4S. The number of hydrogen-bond donors (Lipinski definition) is 1. The van der Waals surface area contributed by atoms with Crippen LogP contribution in [0.1, 0.15) is 51.2 Å². The van der Waals surface area contributed by atoms with Gasteiger partial charge in [0.2, 0.25) is 21.8 Å². The average molecular weight is 488 g/mol. The number of amides is 2. The van der Waals surface area contributed by atoms with Crippen LogP contribution in [0.4, 0.5) is 5.69 Å². The van der Waals surface area contributed by atoms with Gasteiger partial charge in [-0.15, -0.1) is 0 Å².